The predicted molar refractivity (Wildman–Crippen MR) is 73.1 cm³/mol. The number of carbonyl (C=O) groups is 2. The molecule has 0 aliphatic rings. The maximum atomic E-state index is 11.3. The van der Waals surface area contributed by atoms with Crippen molar-refractivity contribution < 1.29 is 19.8 Å². The van der Waals surface area contributed by atoms with Crippen LogP contribution >= 0.6 is 15.9 Å². The van der Waals surface area contributed by atoms with Crippen LogP contribution in [0.4, 0.5) is 4.79 Å². The minimum Gasteiger partial charge on any atom is -0.368 e. The number of alkyl halides is 1. The van der Waals surface area contributed by atoms with E-state index >= 15 is 0 Å². The molecule has 0 spiro atoms. The van der Waals surface area contributed by atoms with E-state index in [9.17, 15) is 9.59 Å². The summed E-state index contributed by atoms with van der Waals surface area (Å²) in [6, 6.07) is -0.814. The largest absolute Gasteiger partial charge is 0.368 e. The monoisotopic (exact) mass is 326 g/mol. The molecular weight excluding hydrogens is 304 g/mol. The standard InChI is InChI=1S/C7H13BrN2O2.C4H10O2/c1-3-7(8,4-2)5(11)10-6(9)12;1-2-3-4(5)6/h3-4H2,1-2H3,(H3,9,10,11,12);4-6H,2-3H2,1H3. The van der Waals surface area contributed by atoms with E-state index in [1.165, 1.54) is 0 Å². The first-order valence-corrected chi connectivity index (χ1v) is 6.68. The van der Waals surface area contributed by atoms with Crippen molar-refractivity contribution in [3.05, 3.63) is 0 Å². The number of primary amides is 1. The Morgan fingerprint density at radius 2 is 1.72 bits per heavy atom. The van der Waals surface area contributed by atoms with E-state index in [1.807, 2.05) is 26.1 Å². The van der Waals surface area contributed by atoms with Gasteiger partial charge in [-0.05, 0) is 19.3 Å². The Balaban J connectivity index is 0. The molecule has 0 saturated heterocycles. The molecule has 0 fully saturated rings. The van der Waals surface area contributed by atoms with Crippen LogP contribution in [0.15, 0.2) is 0 Å². The number of amides is 3. The molecule has 18 heavy (non-hydrogen) atoms. The van der Waals surface area contributed by atoms with E-state index in [-0.39, 0.29) is 5.91 Å². The highest BCUT2D eigenvalue weighted by atomic mass is 79.9. The summed E-state index contributed by atoms with van der Waals surface area (Å²) >= 11 is 3.26. The van der Waals surface area contributed by atoms with Gasteiger partial charge in [0.25, 0.3) is 0 Å². The summed E-state index contributed by atoms with van der Waals surface area (Å²) in [4.78, 5) is 21.6. The van der Waals surface area contributed by atoms with Gasteiger partial charge in [0.2, 0.25) is 5.91 Å². The molecule has 5 N–H and O–H groups in total. The number of aliphatic hydroxyl groups is 2. The highest BCUT2D eigenvalue weighted by Crippen LogP contribution is 2.26. The normalized spacial score (nSPS) is 10.6. The van der Waals surface area contributed by atoms with Crippen molar-refractivity contribution in [1.29, 1.82) is 0 Å². The van der Waals surface area contributed by atoms with Crippen molar-refractivity contribution in [2.75, 3.05) is 0 Å². The molecule has 0 saturated carbocycles. The number of halogens is 1. The summed E-state index contributed by atoms with van der Waals surface area (Å²) < 4.78 is -0.665. The first-order chi connectivity index (χ1) is 8.23. The van der Waals surface area contributed by atoms with Crippen molar-refractivity contribution in [1.82, 2.24) is 5.32 Å². The second-order valence-corrected chi connectivity index (χ2v) is 5.28. The summed E-state index contributed by atoms with van der Waals surface area (Å²) in [7, 11) is 0. The van der Waals surface area contributed by atoms with E-state index in [0.717, 1.165) is 6.42 Å². The van der Waals surface area contributed by atoms with Gasteiger partial charge in [0.15, 0.2) is 6.29 Å². The Morgan fingerprint density at radius 1 is 1.28 bits per heavy atom. The molecule has 0 radical (unpaired) electrons. The second-order valence-electron chi connectivity index (χ2n) is 3.76. The van der Waals surface area contributed by atoms with Crippen LogP contribution in [0.2, 0.25) is 0 Å². The van der Waals surface area contributed by atoms with Gasteiger partial charge in [-0.1, -0.05) is 43.1 Å². The number of aliphatic hydroxyl groups excluding tert-OH is 1. The molecule has 3 amide bonds. The smallest absolute Gasteiger partial charge is 0.318 e. The molecule has 0 aromatic heterocycles. The Morgan fingerprint density at radius 3 is 1.89 bits per heavy atom. The molecule has 0 rings (SSSR count). The summed E-state index contributed by atoms with van der Waals surface area (Å²) in [5.41, 5.74) is 4.81. The summed E-state index contributed by atoms with van der Waals surface area (Å²) in [6.07, 6.45) is 1.44. The minimum absolute atomic E-state index is 0.375. The molecule has 0 bridgehead atoms. The van der Waals surface area contributed by atoms with Crippen LogP contribution in [-0.4, -0.2) is 32.8 Å². The maximum absolute atomic E-state index is 11.3. The van der Waals surface area contributed by atoms with Gasteiger partial charge in [-0.15, -0.1) is 0 Å². The van der Waals surface area contributed by atoms with Crippen LogP contribution in [-0.2, 0) is 4.79 Å². The number of rotatable bonds is 5. The van der Waals surface area contributed by atoms with Crippen molar-refractivity contribution in [2.24, 2.45) is 5.73 Å². The molecule has 108 valence electrons. The fourth-order valence-corrected chi connectivity index (χ4v) is 1.15. The van der Waals surface area contributed by atoms with Crippen molar-refractivity contribution in [3.8, 4) is 0 Å². The average Bonchev–Trinajstić information content (AvgIpc) is 2.27. The molecule has 7 heteroatoms. The van der Waals surface area contributed by atoms with Gasteiger partial charge >= 0.3 is 6.03 Å². The van der Waals surface area contributed by atoms with Crippen molar-refractivity contribution in [2.45, 2.75) is 57.1 Å². The third kappa shape index (κ3) is 9.38. The molecule has 0 aliphatic carbocycles. The third-order valence-corrected chi connectivity index (χ3v) is 3.79. The highest BCUT2D eigenvalue weighted by Gasteiger charge is 2.32. The van der Waals surface area contributed by atoms with Crippen LogP contribution in [0.25, 0.3) is 0 Å². The van der Waals surface area contributed by atoms with Crippen LogP contribution in [0.5, 0.6) is 0 Å². The Bertz CT molecular complexity index is 255. The summed E-state index contributed by atoms with van der Waals surface area (Å²) in [5, 5.41) is 18.3. The van der Waals surface area contributed by atoms with Gasteiger partial charge in [-0.25, -0.2) is 4.79 Å². The number of urea groups is 1. The summed E-state index contributed by atoms with van der Waals surface area (Å²) in [5.74, 6) is -0.375. The summed E-state index contributed by atoms with van der Waals surface area (Å²) in [6.45, 7) is 5.62. The second kappa shape index (κ2) is 10.3. The first-order valence-electron chi connectivity index (χ1n) is 5.89. The van der Waals surface area contributed by atoms with Gasteiger partial charge in [-0.2, -0.15) is 0 Å². The van der Waals surface area contributed by atoms with Gasteiger partial charge in [-0.3, -0.25) is 10.1 Å². The minimum atomic E-state index is -1.10. The first kappa shape index (κ1) is 19.7. The quantitative estimate of drug-likeness (QED) is 0.449. The number of imide groups is 1. The Kier molecular flexibility index (Phi) is 11.2. The molecule has 0 heterocycles. The number of hydrogen-bond donors (Lipinski definition) is 4. The number of nitrogens with one attached hydrogen (secondary N) is 1. The molecule has 0 unspecified atom stereocenters. The van der Waals surface area contributed by atoms with Crippen molar-refractivity contribution >= 4 is 27.9 Å². The fourth-order valence-electron chi connectivity index (χ4n) is 1.05. The lowest BCUT2D eigenvalue weighted by Gasteiger charge is -2.21. The van der Waals surface area contributed by atoms with Gasteiger partial charge in [0, 0.05) is 0 Å². The molecule has 0 aromatic carbocycles. The van der Waals surface area contributed by atoms with E-state index < -0.39 is 16.6 Å². The molecule has 0 aliphatic heterocycles. The topological polar surface area (TPSA) is 113 Å². The molecule has 0 aromatic rings. The fraction of sp³-hybridized carbons (Fsp3) is 0.818. The lowest BCUT2D eigenvalue weighted by molar-refractivity contribution is -0.122. The number of carbonyl (C=O) groups excluding carboxylic acids is 2. The predicted octanol–water partition coefficient (Wildman–Crippen LogP) is 1.23. The lowest BCUT2D eigenvalue weighted by Crippen LogP contribution is -2.46. The molecule has 0 atom stereocenters. The number of hydrogen-bond acceptors (Lipinski definition) is 4. The Hall–Kier alpha value is -0.660. The van der Waals surface area contributed by atoms with Gasteiger partial charge < -0.3 is 15.9 Å². The van der Waals surface area contributed by atoms with Gasteiger partial charge in [0.05, 0.1) is 0 Å². The van der Waals surface area contributed by atoms with E-state index in [4.69, 9.17) is 15.9 Å². The maximum Gasteiger partial charge on any atom is 0.318 e. The zero-order valence-corrected chi connectivity index (χ0v) is 12.7. The third-order valence-electron chi connectivity index (χ3n) is 2.31. The lowest BCUT2D eigenvalue weighted by atomic mass is 10.0. The number of nitrogens with two attached hydrogens (primary N) is 1. The average molecular weight is 327 g/mol. The highest BCUT2D eigenvalue weighted by molar-refractivity contribution is 9.10. The van der Waals surface area contributed by atoms with E-state index in [2.05, 4.69) is 15.9 Å². The van der Waals surface area contributed by atoms with Gasteiger partial charge in [0.1, 0.15) is 4.32 Å². The van der Waals surface area contributed by atoms with Crippen LogP contribution < -0.4 is 11.1 Å². The SMILES string of the molecule is CCC(Br)(CC)C(=O)NC(N)=O.CCCC(O)O. The van der Waals surface area contributed by atoms with Crippen LogP contribution in [0.3, 0.4) is 0 Å². The Labute approximate surface area is 116 Å². The van der Waals surface area contributed by atoms with E-state index in [0.29, 0.717) is 19.3 Å². The molecule has 6 nitrogen and oxygen atoms in total. The van der Waals surface area contributed by atoms with E-state index in [1.54, 1.807) is 0 Å². The van der Waals surface area contributed by atoms with Crippen LogP contribution in [0, 0.1) is 0 Å². The zero-order valence-electron chi connectivity index (χ0n) is 11.1. The van der Waals surface area contributed by atoms with Crippen molar-refractivity contribution in [3.63, 3.8) is 0 Å². The van der Waals surface area contributed by atoms with Crippen LogP contribution in [0.1, 0.15) is 46.5 Å². The zero-order chi connectivity index (χ0) is 14.8. The molecular formula is C11H23BrN2O4.